The zero-order valence-corrected chi connectivity index (χ0v) is 16.4. The average molecular weight is 391 g/mol. The van der Waals surface area contributed by atoms with Crippen LogP contribution in [0, 0.1) is 0 Å². The van der Waals surface area contributed by atoms with Crippen molar-refractivity contribution in [3.63, 3.8) is 0 Å². The van der Waals surface area contributed by atoms with Gasteiger partial charge in [0.05, 0.1) is 5.71 Å². The number of rotatable bonds is 7. The van der Waals surface area contributed by atoms with Crippen LogP contribution < -0.4 is 9.47 Å². The highest BCUT2D eigenvalue weighted by molar-refractivity contribution is 6.13. The van der Waals surface area contributed by atoms with Crippen molar-refractivity contribution in [2.24, 2.45) is 4.99 Å². The maximum Gasteiger partial charge on any atom is 0.309 e. The molecule has 0 saturated heterocycles. The molecule has 0 aromatic heterocycles. The highest BCUT2D eigenvalue weighted by Gasteiger charge is 2.08. The molecule has 30 heavy (non-hydrogen) atoms. The van der Waals surface area contributed by atoms with Gasteiger partial charge in [-0.25, -0.2) is 4.99 Å². The van der Waals surface area contributed by atoms with Crippen LogP contribution in [-0.4, -0.2) is 5.71 Å². The van der Waals surface area contributed by atoms with Gasteiger partial charge in [-0.05, 0) is 24.3 Å². The minimum atomic E-state index is 0.289. The highest BCUT2D eigenvalue weighted by atomic mass is 16.7. The highest BCUT2D eigenvalue weighted by Crippen LogP contribution is 2.19. The van der Waals surface area contributed by atoms with Crippen molar-refractivity contribution in [2.45, 2.75) is 0 Å². The fourth-order valence-corrected chi connectivity index (χ4v) is 2.91. The summed E-state index contributed by atoms with van der Waals surface area (Å²) >= 11 is 0. The van der Waals surface area contributed by atoms with E-state index in [0.717, 1.165) is 16.8 Å². The first kappa shape index (κ1) is 19.2. The van der Waals surface area contributed by atoms with Gasteiger partial charge in [-0.1, -0.05) is 97.1 Å². The molecule has 0 aliphatic carbocycles. The summed E-state index contributed by atoms with van der Waals surface area (Å²) in [7, 11) is 0. The summed E-state index contributed by atoms with van der Waals surface area (Å²) in [5.74, 6) is 1.64. The van der Waals surface area contributed by atoms with Gasteiger partial charge in [0.1, 0.15) is 17.7 Å². The molecule has 4 rings (SSSR count). The van der Waals surface area contributed by atoms with Crippen molar-refractivity contribution >= 4 is 5.71 Å². The Labute approximate surface area is 176 Å². The van der Waals surface area contributed by atoms with Crippen LogP contribution in [-0.2, 0) is 0 Å². The molecule has 0 radical (unpaired) electrons. The molecular formula is C27H21NO2. The van der Waals surface area contributed by atoms with Gasteiger partial charge < -0.3 is 9.47 Å². The number of ether oxygens (including phenoxy) is 2. The largest absolute Gasteiger partial charge is 0.425 e. The third kappa shape index (κ3) is 5.24. The van der Waals surface area contributed by atoms with Gasteiger partial charge in [-0.2, -0.15) is 0 Å². The molecule has 4 aromatic rings. The minimum absolute atomic E-state index is 0.289. The van der Waals surface area contributed by atoms with Gasteiger partial charge >= 0.3 is 5.95 Å². The van der Waals surface area contributed by atoms with E-state index in [1.54, 1.807) is 6.20 Å². The molecule has 0 unspecified atom stereocenters. The summed E-state index contributed by atoms with van der Waals surface area (Å²) < 4.78 is 11.9. The number of benzene rings is 4. The topological polar surface area (TPSA) is 30.8 Å². The normalized spacial score (nSPS) is 10.0. The summed E-state index contributed by atoms with van der Waals surface area (Å²) in [5, 5.41) is 0. The van der Waals surface area contributed by atoms with Gasteiger partial charge in [-0.15, -0.1) is 0 Å². The van der Waals surface area contributed by atoms with E-state index in [4.69, 9.17) is 14.5 Å². The Balaban J connectivity index is 1.72. The molecule has 0 bridgehead atoms. The van der Waals surface area contributed by atoms with Gasteiger partial charge in [0.25, 0.3) is 0 Å². The first-order valence-corrected chi connectivity index (χ1v) is 9.73. The molecular weight excluding hydrogens is 370 g/mol. The Kier molecular flexibility index (Phi) is 6.34. The van der Waals surface area contributed by atoms with Crippen molar-refractivity contribution in [3.8, 4) is 11.5 Å². The number of hydrogen-bond acceptors (Lipinski definition) is 3. The second-order valence-electron chi connectivity index (χ2n) is 6.49. The summed E-state index contributed by atoms with van der Waals surface area (Å²) in [5.41, 5.74) is 2.86. The third-order valence-corrected chi connectivity index (χ3v) is 4.32. The first-order valence-electron chi connectivity index (χ1n) is 9.73. The number of aliphatic imine (C=N–C) groups is 1. The van der Waals surface area contributed by atoms with Crippen molar-refractivity contribution in [2.75, 3.05) is 0 Å². The second-order valence-corrected chi connectivity index (χ2v) is 6.49. The molecule has 0 aliphatic heterocycles. The maximum absolute atomic E-state index is 5.97. The van der Waals surface area contributed by atoms with E-state index in [1.165, 1.54) is 0 Å². The number of hydrogen-bond donors (Lipinski definition) is 0. The molecule has 0 saturated carbocycles. The maximum atomic E-state index is 5.97. The Bertz CT molecular complexity index is 1020. The SMILES string of the molecule is C(N=C(c1ccccc1)c1ccccc1)=C(Oc1ccccc1)Oc1ccccc1. The number of para-hydroxylation sites is 2. The molecule has 0 atom stereocenters. The van der Waals surface area contributed by atoms with Crippen LogP contribution >= 0.6 is 0 Å². The van der Waals surface area contributed by atoms with Gasteiger partial charge in [0.15, 0.2) is 0 Å². The van der Waals surface area contributed by atoms with E-state index in [-0.39, 0.29) is 5.95 Å². The summed E-state index contributed by atoms with van der Waals surface area (Å²) in [6.07, 6.45) is 1.62. The monoisotopic (exact) mass is 391 g/mol. The smallest absolute Gasteiger partial charge is 0.309 e. The predicted octanol–water partition coefficient (Wildman–Crippen LogP) is 6.48. The van der Waals surface area contributed by atoms with Crippen molar-refractivity contribution in [1.29, 1.82) is 0 Å². The molecule has 0 aliphatic rings. The van der Waals surface area contributed by atoms with Crippen molar-refractivity contribution < 1.29 is 9.47 Å². The van der Waals surface area contributed by atoms with Crippen LogP contribution in [0.25, 0.3) is 0 Å². The summed E-state index contributed by atoms with van der Waals surface area (Å²) in [4.78, 5) is 4.76. The lowest BCUT2D eigenvalue weighted by Crippen LogP contribution is -2.06. The standard InChI is InChI=1S/C27H21NO2/c1-5-13-22(14-6-1)27(23-15-7-2-8-16-23)28-21-26(29-24-17-9-3-10-18-24)30-25-19-11-4-12-20-25/h1-21H. The molecule has 0 fully saturated rings. The Morgan fingerprint density at radius 2 is 0.867 bits per heavy atom. The summed E-state index contributed by atoms with van der Waals surface area (Å²) in [6, 6.07) is 39.2. The molecule has 3 heteroatoms. The lowest BCUT2D eigenvalue weighted by molar-refractivity contribution is 0.224. The lowest BCUT2D eigenvalue weighted by Gasteiger charge is -2.11. The van der Waals surface area contributed by atoms with E-state index in [2.05, 4.69) is 0 Å². The van der Waals surface area contributed by atoms with E-state index in [0.29, 0.717) is 11.5 Å². The zero-order chi connectivity index (χ0) is 20.4. The van der Waals surface area contributed by atoms with Gasteiger partial charge in [0, 0.05) is 11.1 Å². The van der Waals surface area contributed by atoms with E-state index < -0.39 is 0 Å². The third-order valence-electron chi connectivity index (χ3n) is 4.32. The molecule has 0 N–H and O–H groups in total. The van der Waals surface area contributed by atoms with Crippen LogP contribution in [0.3, 0.4) is 0 Å². The van der Waals surface area contributed by atoms with E-state index >= 15 is 0 Å². The van der Waals surface area contributed by atoms with E-state index in [9.17, 15) is 0 Å². The van der Waals surface area contributed by atoms with Crippen LogP contribution in [0.2, 0.25) is 0 Å². The zero-order valence-electron chi connectivity index (χ0n) is 16.4. The fraction of sp³-hybridized carbons (Fsp3) is 0. The molecule has 0 heterocycles. The molecule has 3 nitrogen and oxygen atoms in total. The molecule has 146 valence electrons. The molecule has 0 spiro atoms. The average Bonchev–Trinajstić information content (AvgIpc) is 2.82. The quantitative estimate of drug-likeness (QED) is 0.267. The Hall–Kier alpha value is -4.11. The fourth-order valence-electron chi connectivity index (χ4n) is 2.91. The van der Waals surface area contributed by atoms with Crippen LogP contribution in [0.15, 0.2) is 138 Å². The van der Waals surface area contributed by atoms with Gasteiger partial charge in [0.2, 0.25) is 0 Å². The van der Waals surface area contributed by atoms with Crippen LogP contribution in [0.4, 0.5) is 0 Å². The Morgan fingerprint density at radius 1 is 0.500 bits per heavy atom. The Morgan fingerprint density at radius 3 is 1.27 bits per heavy atom. The molecule has 4 aromatic carbocycles. The predicted molar refractivity (Wildman–Crippen MR) is 121 cm³/mol. The van der Waals surface area contributed by atoms with Crippen LogP contribution in [0.1, 0.15) is 11.1 Å². The number of nitrogens with zero attached hydrogens (tertiary/aromatic N) is 1. The second kappa shape index (κ2) is 9.89. The first-order chi connectivity index (χ1) is 14.9. The molecule has 0 amide bonds. The van der Waals surface area contributed by atoms with Gasteiger partial charge in [-0.3, -0.25) is 0 Å². The van der Waals surface area contributed by atoms with Crippen molar-refractivity contribution in [1.82, 2.24) is 0 Å². The minimum Gasteiger partial charge on any atom is -0.425 e. The van der Waals surface area contributed by atoms with Crippen LogP contribution in [0.5, 0.6) is 11.5 Å². The van der Waals surface area contributed by atoms with Crippen molar-refractivity contribution in [3.05, 3.63) is 145 Å². The van der Waals surface area contributed by atoms with E-state index in [1.807, 2.05) is 121 Å². The summed E-state index contributed by atoms with van der Waals surface area (Å²) in [6.45, 7) is 0. The lowest BCUT2D eigenvalue weighted by atomic mass is 10.0.